The Morgan fingerprint density at radius 3 is 2.61 bits per heavy atom. The van der Waals surface area contributed by atoms with Crippen LogP contribution in [0.5, 0.6) is 0 Å². The third-order valence-corrected chi connectivity index (χ3v) is 4.29. The molecule has 0 saturated heterocycles. The quantitative estimate of drug-likeness (QED) is 0.779. The number of sulfonamides is 1. The Labute approximate surface area is 108 Å². The first-order chi connectivity index (χ1) is 8.38. The number of nitrogens with zero attached hydrogens (tertiary/aromatic N) is 1. The average molecular weight is 275 g/mol. The Balaban J connectivity index is 2.83. The summed E-state index contributed by atoms with van der Waals surface area (Å²) in [5, 5.41) is 6.35. The van der Waals surface area contributed by atoms with E-state index in [9.17, 15) is 8.42 Å². The number of aryl methyl sites for hydroxylation is 1. The van der Waals surface area contributed by atoms with Gasteiger partial charge in [0.15, 0.2) is 0 Å². The summed E-state index contributed by atoms with van der Waals surface area (Å²) < 4.78 is 32.3. The summed E-state index contributed by atoms with van der Waals surface area (Å²) in [6.07, 6.45) is 1.32. The Hall–Kier alpha value is -0.920. The predicted molar refractivity (Wildman–Crippen MR) is 68.8 cm³/mol. The molecule has 6 nitrogen and oxygen atoms in total. The van der Waals surface area contributed by atoms with E-state index in [2.05, 4.69) is 14.9 Å². The number of hydrogen-bond donors (Lipinski definition) is 2. The van der Waals surface area contributed by atoms with Crippen molar-refractivity contribution in [1.82, 2.24) is 14.9 Å². The second kappa shape index (κ2) is 6.31. The maximum absolute atomic E-state index is 12.2. The lowest BCUT2D eigenvalue weighted by molar-refractivity contribution is 0.116. The summed E-state index contributed by atoms with van der Waals surface area (Å²) in [7, 11) is -3.55. The number of aromatic nitrogens is 2. The van der Waals surface area contributed by atoms with E-state index in [0.29, 0.717) is 18.9 Å². The minimum atomic E-state index is -3.55. The molecule has 18 heavy (non-hydrogen) atoms. The average Bonchev–Trinajstić information content (AvgIpc) is 2.71. The lowest BCUT2D eigenvalue weighted by atomic mass is 10.1. The van der Waals surface area contributed by atoms with Crippen molar-refractivity contribution in [1.29, 1.82) is 0 Å². The molecular formula is C11H21N3O3S. The van der Waals surface area contributed by atoms with Gasteiger partial charge in [-0.05, 0) is 19.8 Å². The normalized spacial score (nSPS) is 14.1. The highest BCUT2D eigenvalue weighted by Crippen LogP contribution is 2.13. The van der Waals surface area contributed by atoms with Crippen LogP contribution in [0.15, 0.2) is 11.1 Å². The first-order valence-corrected chi connectivity index (χ1v) is 7.46. The highest BCUT2D eigenvalue weighted by Gasteiger charge is 2.24. The van der Waals surface area contributed by atoms with Gasteiger partial charge in [0.1, 0.15) is 4.90 Å². The molecule has 0 spiro atoms. The number of hydrogen-bond acceptors (Lipinski definition) is 4. The smallest absolute Gasteiger partial charge is 0.244 e. The molecule has 1 rings (SSSR count). The van der Waals surface area contributed by atoms with E-state index in [1.165, 1.54) is 6.20 Å². The monoisotopic (exact) mass is 275 g/mol. The third kappa shape index (κ3) is 3.79. The Bertz CT molecular complexity index is 468. The second-order valence-electron chi connectivity index (χ2n) is 4.49. The molecule has 0 bridgehead atoms. The Kier molecular flexibility index (Phi) is 5.30. The van der Waals surface area contributed by atoms with Gasteiger partial charge in [-0.2, -0.15) is 5.10 Å². The van der Waals surface area contributed by atoms with Crippen molar-refractivity contribution in [2.75, 3.05) is 13.2 Å². The molecule has 104 valence electrons. The largest absolute Gasteiger partial charge is 0.380 e. The Morgan fingerprint density at radius 1 is 1.50 bits per heavy atom. The van der Waals surface area contributed by atoms with Crippen molar-refractivity contribution in [2.45, 2.75) is 38.6 Å². The molecule has 0 fully saturated rings. The van der Waals surface area contributed by atoms with Gasteiger partial charge in [0.25, 0.3) is 0 Å². The van der Waals surface area contributed by atoms with E-state index in [1.54, 1.807) is 6.92 Å². The van der Waals surface area contributed by atoms with Crippen molar-refractivity contribution >= 4 is 10.0 Å². The second-order valence-corrected chi connectivity index (χ2v) is 6.17. The van der Waals surface area contributed by atoms with Crippen LogP contribution in [0.2, 0.25) is 0 Å². The van der Waals surface area contributed by atoms with Crippen LogP contribution in [0.3, 0.4) is 0 Å². The zero-order chi connectivity index (χ0) is 13.8. The molecule has 0 aromatic carbocycles. The third-order valence-electron chi connectivity index (χ3n) is 2.69. The Morgan fingerprint density at radius 2 is 2.17 bits per heavy atom. The van der Waals surface area contributed by atoms with E-state index >= 15 is 0 Å². The lowest BCUT2D eigenvalue weighted by Gasteiger charge is -2.21. The summed E-state index contributed by atoms with van der Waals surface area (Å²) in [6, 6.07) is -0.246. The summed E-state index contributed by atoms with van der Waals surface area (Å²) in [6.45, 7) is 8.39. The molecule has 7 heteroatoms. The van der Waals surface area contributed by atoms with Crippen molar-refractivity contribution < 1.29 is 13.2 Å². The lowest BCUT2D eigenvalue weighted by Crippen LogP contribution is -2.41. The number of H-pyrrole nitrogens is 1. The van der Waals surface area contributed by atoms with E-state index in [0.717, 1.165) is 0 Å². The van der Waals surface area contributed by atoms with Crippen LogP contribution >= 0.6 is 0 Å². The molecule has 0 amide bonds. The first kappa shape index (κ1) is 15.1. The van der Waals surface area contributed by atoms with Crippen molar-refractivity contribution in [3.63, 3.8) is 0 Å². The van der Waals surface area contributed by atoms with Crippen molar-refractivity contribution in [2.24, 2.45) is 5.92 Å². The first-order valence-electron chi connectivity index (χ1n) is 5.98. The molecule has 1 atom stereocenters. The molecule has 0 aliphatic heterocycles. The van der Waals surface area contributed by atoms with Crippen LogP contribution in [0, 0.1) is 12.8 Å². The summed E-state index contributed by atoms with van der Waals surface area (Å²) in [4.78, 5) is 0.185. The summed E-state index contributed by atoms with van der Waals surface area (Å²) >= 11 is 0. The molecule has 2 N–H and O–H groups in total. The van der Waals surface area contributed by atoms with Crippen LogP contribution in [-0.4, -0.2) is 37.9 Å². The number of nitrogens with one attached hydrogen (secondary N) is 2. The van der Waals surface area contributed by atoms with Gasteiger partial charge in [0, 0.05) is 12.6 Å². The van der Waals surface area contributed by atoms with E-state index in [-0.39, 0.29) is 16.9 Å². The molecular weight excluding hydrogens is 254 g/mol. The van der Waals surface area contributed by atoms with Crippen LogP contribution < -0.4 is 4.72 Å². The fraction of sp³-hybridized carbons (Fsp3) is 0.727. The highest BCUT2D eigenvalue weighted by molar-refractivity contribution is 7.89. The zero-order valence-corrected chi connectivity index (χ0v) is 12.0. The van der Waals surface area contributed by atoms with Crippen LogP contribution in [-0.2, 0) is 14.8 Å². The fourth-order valence-electron chi connectivity index (χ4n) is 1.48. The fourth-order valence-corrected chi connectivity index (χ4v) is 2.99. The van der Waals surface area contributed by atoms with Gasteiger partial charge in [0.05, 0.1) is 18.5 Å². The molecule has 1 unspecified atom stereocenters. The molecule has 0 radical (unpaired) electrons. The van der Waals surface area contributed by atoms with Crippen LogP contribution in [0.25, 0.3) is 0 Å². The van der Waals surface area contributed by atoms with Gasteiger partial charge in [-0.3, -0.25) is 5.10 Å². The van der Waals surface area contributed by atoms with Crippen LogP contribution in [0.4, 0.5) is 0 Å². The maximum Gasteiger partial charge on any atom is 0.244 e. The van der Waals surface area contributed by atoms with Crippen molar-refractivity contribution in [3.8, 4) is 0 Å². The molecule has 1 aromatic rings. The number of ether oxygens (including phenoxy) is 1. The molecule has 1 heterocycles. The van der Waals surface area contributed by atoms with Crippen LogP contribution in [0.1, 0.15) is 26.5 Å². The van der Waals surface area contributed by atoms with E-state index < -0.39 is 10.0 Å². The number of rotatable bonds is 7. The summed E-state index contributed by atoms with van der Waals surface area (Å²) in [5.41, 5.74) is 0.529. The van der Waals surface area contributed by atoms with Gasteiger partial charge in [-0.1, -0.05) is 13.8 Å². The summed E-state index contributed by atoms with van der Waals surface area (Å²) in [5.74, 6) is 0.151. The minimum Gasteiger partial charge on any atom is -0.380 e. The zero-order valence-electron chi connectivity index (χ0n) is 11.2. The maximum atomic E-state index is 12.2. The highest BCUT2D eigenvalue weighted by atomic mass is 32.2. The van der Waals surface area contributed by atoms with Gasteiger partial charge in [-0.25, -0.2) is 13.1 Å². The van der Waals surface area contributed by atoms with Gasteiger partial charge >= 0.3 is 0 Å². The minimum absolute atomic E-state index is 0.151. The van der Waals surface area contributed by atoms with E-state index in [1.807, 2.05) is 20.8 Å². The molecule has 0 aliphatic carbocycles. The van der Waals surface area contributed by atoms with Crippen molar-refractivity contribution in [3.05, 3.63) is 11.9 Å². The molecule has 0 aliphatic rings. The topological polar surface area (TPSA) is 84.1 Å². The van der Waals surface area contributed by atoms with Gasteiger partial charge in [0.2, 0.25) is 10.0 Å². The van der Waals surface area contributed by atoms with Gasteiger partial charge < -0.3 is 4.74 Å². The van der Waals surface area contributed by atoms with Gasteiger partial charge in [-0.15, -0.1) is 0 Å². The molecule has 0 saturated carbocycles. The number of aromatic amines is 1. The van der Waals surface area contributed by atoms with E-state index in [4.69, 9.17) is 4.74 Å². The molecule has 1 aromatic heterocycles. The standard InChI is InChI=1S/C11H21N3O3S/c1-5-17-7-10(8(2)3)14-18(15,16)11-6-12-13-9(11)4/h6,8,10,14H,5,7H2,1-4H3,(H,12,13). The SMILES string of the molecule is CCOCC(NS(=O)(=O)c1cn[nH]c1C)C(C)C. The predicted octanol–water partition coefficient (Wildman–Crippen LogP) is 1.06.